The zero-order chi connectivity index (χ0) is 21.9. The molecule has 30 heavy (non-hydrogen) atoms. The van der Waals surface area contributed by atoms with E-state index in [4.69, 9.17) is 0 Å². The molecule has 3 rings (SSSR count). The standard InChI is InChI=1S/C19H14F5N3O2S/c1-10(15(28)25-11-6-8-12(9-7-11)29-18(20)21)30-16-13-4-2-3-5-14(13)26-17(27-16)19(22,23)24/h2-10,18H,1H3,(H,25,28). The fourth-order valence-corrected chi connectivity index (χ4v) is 3.39. The van der Waals surface area contributed by atoms with Gasteiger partial charge in [-0.1, -0.05) is 30.0 Å². The van der Waals surface area contributed by atoms with Crippen molar-refractivity contribution >= 4 is 34.3 Å². The maximum Gasteiger partial charge on any atom is 0.451 e. The van der Waals surface area contributed by atoms with Crippen molar-refractivity contribution in [2.24, 2.45) is 0 Å². The number of nitrogens with zero attached hydrogens (tertiary/aromatic N) is 2. The number of aromatic nitrogens is 2. The third-order valence-corrected chi connectivity index (χ3v) is 4.93. The molecule has 1 heterocycles. The third kappa shape index (κ3) is 5.35. The predicted octanol–water partition coefficient (Wildman–Crippen LogP) is 5.37. The number of thioether (sulfide) groups is 1. The Labute approximate surface area is 171 Å². The average molecular weight is 443 g/mol. The van der Waals surface area contributed by atoms with Crippen molar-refractivity contribution in [2.45, 2.75) is 30.0 Å². The number of rotatable bonds is 6. The summed E-state index contributed by atoms with van der Waals surface area (Å²) in [5.41, 5.74) is 0.433. The van der Waals surface area contributed by atoms with Gasteiger partial charge < -0.3 is 10.1 Å². The number of carbonyl (C=O) groups excluding carboxylic acids is 1. The molecule has 0 fully saturated rings. The van der Waals surface area contributed by atoms with Crippen LogP contribution in [0.4, 0.5) is 27.6 Å². The van der Waals surface area contributed by atoms with E-state index >= 15 is 0 Å². The largest absolute Gasteiger partial charge is 0.451 e. The average Bonchev–Trinajstić information content (AvgIpc) is 2.68. The van der Waals surface area contributed by atoms with Gasteiger partial charge >= 0.3 is 12.8 Å². The van der Waals surface area contributed by atoms with E-state index in [1.807, 2.05) is 0 Å². The second-order valence-electron chi connectivity index (χ2n) is 6.02. The lowest BCUT2D eigenvalue weighted by atomic mass is 10.2. The fourth-order valence-electron chi connectivity index (χ4n) is 2.45. The first kappa shape index (κ1) is 21.8. The number of nitrogens with one attached hydrogen (secondary N) is 1. The molecule has 0 aliphatic heterocycles. The Bertz CT molecular complexity index is 1040. The van der Waals surface area contributed by atoms with E-state index in [1.54, 1.807) is 18.2 Å². The number of halogens is 5. The number of benzene rings is 2. The van der Waals surface area contributed by atoms with Crippen molar-refractivity contribution in [3.05, 3.63) is 54.4 Å². The summed E-state index contributed by atoms with van der Waals surface area (Å²) in [5, 5.41) is 2.18. The summed E-state index contributed by atoms with van der Waals surface area (Å²) in [6.45, 7) is -1.45. The summed E-state index contributed by atoms with van der Waals surface area (Å²) in [5.74, 6) is -1.86. The second kappa shape index (κ2) is 8.82. The summed E-state index contributed by atoms with van der Waals surface area (Å²) in [6, 6.07) is 11.5. The molecule has 11 heteroatoms. The van der Waals surface area contributed by atoms with Crippen LogP contribution in [-0.4, -0.2) is 27.7 Å². The number of alkyl halides is 5. The lowest BCUT2D eigenvalue weighted by Gasteiger charge is -2.14. The number of fused-ring (bicyclic) bond motifs is 1. The molecule has 3 aromatic rings. The minimum Gasteiger partial charge on any atom is -0.435 e. The Balaban J connectivity index is 1.77. The van der Waals surface area contributed by atoms with Gasteiger partial charge in [0.2, 0.25) is 11.7 Å². The molecular formula is C19H14F5N3O2S. The Hall–Kier alpha value is -2.95. The summed E-state index contributed by atoms with van der Waals surface area (Å²) in [4.78, 5) is 19.6. The lowest BCUT2D eigenvalue weighted by Crippen LogP contribution is -2.22. The topological polar surface area (TPSA) is 64.1 Å². The zero-order valence-electron chi connectivity index (χ0n) is 15.3. The number of amides is 1. The Kier molecular flexibility index (Phi) is 6.40. The van der Waals surface area contributed by atoms with Gasteiger partial charge in [0.05, 0.1) is 10.8 Å². The van der Waals surface area contributed by atoms with Crippen LogP contribution in [0, 0.1) is 0 Å². The van der Waals surface area contributed by atoms with E-state index in [1.165, 1.54) is 37.3 Å². The number of hydrogen-bond donors (Lipinski definition) is 1. The van der Waals surface area contributed by atoms with Gasteiger partial charge in [-0.05, 0) is 37.3 Å². The molecule has 0 aliphatic carbocycles. The molecule has 1 N–H and O–H groups in total. The van der Waals surface area contributed by atoms with Gasteiger partial charge in [0.25, 0.3) is 0 Å². The van der Waals surface area contributed by atoms with Crippen LogP contribution < -0.4 is 10.1 Å². The maximum atomic E-state index is 13.1. The minimum absolute atomic E-state index is 0.0243. The molecule has 1 atom stereocenters. The number of carbonyl (C=O) groups is 1. The molecule has 0 aliphatic rings. The van der Waals surface area contributed by atoms with E-state index in [0.717, 1.165) is 11.8 Å². The predicted molar refractivity (Wildman–Crippen MR) is 102 cm³/mol. The molecule has 0 radical (unpaired) electrons. The summed E-state index contributed by atoms with van der Waals surface area (Å²) in [6.07, 6.45) is -4.73. The van der Waals surface area contributed by atoms with Crippen molar-refractivity contribution in [2.75, 3.05) is 5.32 Å². The second-order valence-corrected chi connectivity index (χ2v) is 7.35. The molecule has 1 amide bonds. The summed E-state index contributed by atoms with van der Waals surface area (Å²) < 4.78 is 67.9. The highest BCUT2D eigenvalue weighted by molar-refractivity contribution is 8.00. The van der Waals surface area contributed by atoms with Gasteiger partial charge in [-0.2, -0.15) is 22.0 Å². The van der Waals surface area contributed by atoms with Crippen molar-refractivity contribution in [1.29, 1.82) is 0 Å². The molecule has 158 valence electrons. The number of anilines is 1. The van der Waals surface area contributed by atoms with Crippen molar-refractivity contribution in [1.82, 2.24) is 9.97 Å². The molecular weight excluding hydrogens is 429 g/mol. The van der Waals surface area contributed by atoms with Crippen molar-refractivity contribution in [3.63, 3.8) is 0 Å². The molecule has 1 unspecified atom stereocenters. The van der Waals surface area contributed by atoms with E-state index in [0.29, 0.717) is 11.1 Å². The van der Waals surface area contributed by atoms with E-state index in [9.17, 15) is 26.7 Å². The zero-order valence-corrected chi connectivity index (χ0v) is 16.1. The summed E-state index contributed by atoms with van der Waals surface area (Å²) in [7, 11) is 0. The van der Waals surface area contributed by atoms with Gasteiger partial charge in [-0.15, -0.1) is 0 Å². The van der Waals surface area contributed by atoms with Crippen LogP contribution in [0.3, 0.4) is 0 Å². The Morgan fingerprint density at radius 2 is 1.73 bits per heavy atom. The number of para-hydroxylation sites is 1. The lowest BCUT2D eigenvalue weighted by molar-refractivity contribution is -0.145. The molecule has 0 saturated carbocycles. The molecule has 1 aromatic heterocycles. The van der Waals surface area contributed by atoms with Crippen molar-refractivity contribution < 1.29 is 31.5 Å². The molecule has 0 saturated heterocycles. The van der Waals surface area contributed by atoms with E-state index in [-0.39, 0.29) is 16.3 Å². The van der Waals surface area contributed by atoms with E-state index in [2.05, 4.69) is 20.0 Å². The van der Waals surface area contributed by atoms with Crippen molar-refractivity contribution in [3.8, 4) is 5.75 Å². The minimum atomic E-state index is -4.73. The quantitative estimate of drug-likeness (QED) is 0.315. The maximum absolute atomic E-state index is 13.1. The fraction of sp³-hybridized carbons (Fsp3) is 0.211. The normalized spacial score (nSPS) is 12.8. The van der Waals surface area contributed by atoms with Crippen LogP contribution in [0.25, 0.3) is 10.9 Å². The molecule has 0 bridgehead atoms. The SMILES string of the molecule is CC(Sc1nc(C(F)(F)F)nc2ccccc12)C(=O)Nc1ccc(OC(F)F)cc1. The third-order valence-electron chi connectivity index (χ3n) is 3.83. The highest BCUT2D eigenvalue weighted by Crippen LogP contribution is 2.34. The molecule has 5 nitrogen and oxygen atoms in total. The molecule has 2 aromatic carbocycles. The van der Waals surface area contributed by atoms with Crippen LogP contribution in [0.5, 0.6) is 5.75 Å². The van der Waals surface area contributed by atoms with Crippen LogP contribution in [0.2, 0.25) is 0 Å². The Morgan fingerprint density at radius 1 is 1.07 bits per heavy atom. The van der Waals surface area contributed by atoms with E-state index < -0.39 is 29.8 Å². The van der Waals surface area contributed by atoms with Crippen LogP contribution in [-0.2, 0) is 11.0 Å². The first-order chi connectivity index (χ1) is 14.1. The van der Waals surface area contributed by atoms with Gasteiger partial charge in [0, 0.05) is 11.1 Å². The monoisotopic (exact) mass is 443 g/mol. The highest BCUT2D eigenvalue weighted by Gasteiger charge is 2.36. The number of hydrogen-bond acceptors (Lipinski definition) is 5. The van der Waals surface area contributed by atoms with Gasteiger partial charge in [0.1, 0.15) is 10.8 Å². The van der Waals surface area contributed by atoms with Crippen LogP contribution in [0.1, 0.15) is 12.7 Å². The Morgan fingerprint density at radius 3 is 2.37 bits per heavy atom. The van der Waals surface area contributed by atoms with Gasteiger partial charge in [-0.25, -0.2) is 9.97 Å². The highest BCUT2D eigenvalue weighted by atomic mass is 32.2. The smallest absolute Gasteiger partial charge is 0.435 e. The first-order valence-corrected chi connectivity index (χ1v) is 9.38. The van der Waals surface area contributed by atoms with Crippen LogP contribution in [0.15, 0.2) is 53.6 Å². The van der Waals surface area contributed by atoms with Gasteiger partial charge in [-0.3, -0.25) is 4.79 Å². The molecule has 0 spiro atoms. The number of ether oxygens (including phenoxy) is 1. The van der Waals surface area contributed by atoms with Gasteiger partial charge in [0.15, 0.2) is 0 Å². The van der Waals surface area contributed by atoms with Crippen LogP contribution >= 0.6 is 11.8 Å². The first-order valence-electron chi connectivity index (χ1n) is 8.50. The summed E-state index contributed by atoms with van der Waals surface area (Å²) >= 11 is 0.855.